The fourth-order valence-corrected chi connectivity index (χ4v) is 2.54. The van der Waals surface area contributed by atoms with Crippen LogP contribution in [0.4, 0.5) is 17.3 Å². The number of nitrogens with one attached hydrogen (secondary N) is 2. The van der Waals surface area contributed by atoms with Crippen LogP contribution in [-0.2, 0) is 4.79 Å². The highest BCUT2D eigenvalue weighted by Gasteiger charge is 2.07. The third-order valence-corrected chi connectivity index (χ3v) is 3.91. The van der Waals surface area contributed by atoms with Crippen molar-refractivity contribution in [1.29, 1.82) is 0 Å². The van der Waals surface area contributed by atoms with E-state index in [0.29, 0.717) is 17.5 Å². The number of carbonyl (C=O) groups excluding carboxylic acids is 1. The highest BCUT2D eigenvalue weighted by atomic mass is 35.5. The van der Waals surface area contributed by atoms with E-state index in [1.165, 1.54) is 0 Å². The van der Waals surface area contributed by atoms with Crippen molar-refractivity contribution < 1.29 is 4.79 Å². The zero-order chi connectivity index (χ0) is 18.4. The van der Waals surface area contributed by atoms with Gasteiger partial charge in [-0.05, 0) is 42.8 Å². The molecular weight excluding hydrogens is 350 g/mol. The smallest absolute Gasteiger partial charge is 0.227 e. The second-order valence-electron chi connectivity index (χ2n) is 5.64. The van der Waals surface area contributed by atoms with E-state index in [-0.39, 0.29) is 12.3 Å². The van der Waals surface area contributed by atoms with Gasteiger partial charge in [0.05, 0.1) is 5.69 Å². The fourth-order valence-electron chi connectivity index (χ4n) is 2.37. The molecule has 0 saturated heterocycles. The third-order valence-electron chi connectivity index (χ3n) is 3.72. The predicted molar refractivity (Wildman–Crippen MR) is 104 cm³/mol. The fraction of sp³-hybridized carbons (Fsp3) is 0.158. The lowest BCUT2D eigenvalue weighted by Gasteiger charge is -2.12. The molecule has 7 heteroatoms. The van der Waals surface area contributed by atoms with Crippen molar-refractivity contribution in [2.75, 3.05) is 16.5 Å². The van der Waals surface area contributed by atoms with E-state index in [2.05, 4.69) is 25.6 Å². The number of halogens is 1. The van der Waals surface area contributed by atoms with Gasteiger partial charge < -0.3 is 10.6 Å². The average Bonchev–Trinajstić information content (AvgIpc) is 2.66. The summed E-state index contributed by atoms with van der Waals surface area (Å²) in [5, 5.41) is 6.04. The van der Waals surface area contributed by atoms with E-state index in [1.807, 2.05) is 43.3 Å². The average molecular weight is 368 g/mol. The van der Waals surface area contributed by atoms with Gasteiger partial charge in [-0.1, -0.05) is 6.07 Å². The molecule has 26 heavy (non-hydrogen) atoms. The molecule has 1 amide bonds. The molecule has 3 rings (SSSR count). The minimum Gasteiger partial charge on any atom is -0.326 e. The van der Waals surface area contributed by atoms with Crippen LogP contribution in [0, 0.1) is 6.92 Å². The van der Waals surface area contributed by atoms with E-state index in [0.717, 1.165) is 22.5 Å². The van der Waals surface area contributed by atoms with Crippen LogP contribution >= 0.6 is 11.6 Å². The van der Waals surface area contributed by atoms with E-state index in [9.17, 15) is 4.79 Å². The van der Waals surface area contributed by atoms with Crippen molar-refractivity contribution in [2.24, 2.45) is 0 Å². The number of hydrogen-bond acceptors (Lipinski definition) is 5. The molecule has 0 atom stereocenters. The molecule has 0 saturated carbocycles. The molecule has 0 fully saturated rings. The maximum atomic E-state index is 11.7. The van der Waals surface area contributed by atoms with Crippen molar-refractivity contribution >= 4 is 34.8 Å². The number of aryl methyl sites for hydroxylation is 1. The SMILES string of the molecule is Cc1ccc(NC(=O)CCCl)cc1Nc1nccc(-c2ccncc2)n1. The molecule has 2 aromatic heterocycles. The van der Waals surface area contributed by atoms with Crippen LogP contribution in [0.15, 0.2) is 55.0 Å². The molecule has 0 aliphatic heterocycles. The molecule has 2 heterocycles. The van der Waals surface area contributed by atoms with Gasteiger partial charge in [-0.2, -0.15) is 0 Å². The Morgan fingerprint density at radius 2 is 1.92 bits per heavy atom. The molecule has 6 nitrogen and oxygen atoms in total. The molecule has 0 aliphatic rings. The van der Waals surface area contributed by atoms with Crippen molar-refractivity contribution in [3.63, 3.8) is 0 Å². The Bertz CT molecular complexity index is 901. The van der Waals surface area contributed by atoms with Gasteiger partial charge in [-0.3, -0.25) is 9.78 Å². The lowest BCUT2D eigenvalue weighted by molar-refractivity contribution is -0.115. The molecular formula is C19H18ClN5O. The van der Waals surface area contributed by atoms with Gasteiger partial charge in [0.2, 0.25) is 11.9 Å². The topological polar surface area (TPSA) is 79.8 Å². The molecule has 0 bridgehead atoms. The summed E-state index contributed by atoms with van der Waals surface area (Å²) in [6.45, 7) is 1.97. The maximum Gasteiger partial charge on any atom is 0.227 e. The Hall–Kier alpha value is -2.99. The van der Waals surface area contributed by atoms with E-state index < -0.39 is 0 Å². The first kappa shape index (κ1) is 17.8. The zero-order valence-electron chi connectivity index (χ0n) is 14.2. The van der Waals surface area contributed by atoms with Crippen LogP contribution in [0.2, 0.25) is 0 Å². The number of pyridine rings is 1. The van der Waals surface area contributed by atoms with Crippen LogP contribution < -0.4 is 10.6 Å². The van der Waals surface area contributed by atoms with Gasteiger partial charge in [0.15, 0.2) is 0 Å². The Kier molecular flexibility index (Phi) is 5.76. The first-order valence-corrected chi connectivity index (χ1v) is 8.66. The number of alkyl halides is 1. The Balaban J connectivity index is 1.81. The molecule has 0 aliphatic carbocycles. The molecule has 0 radical (unpaired) electrons. The molecule has 0 spiro atoms. The maximum absolute atomic E-state index is 11.7. The highest BCUT2D eigenvalue weighted by Crippen LogP contribution is 2.24. The first-order valence-electron chi connectivity index (χ1n) is 8.12. The van der Waals surface area contributed by atoms with Crippen LogP contribution in [-0.4, -0.2) is 26.7 Å². The van der Waals surface area contributed by atoms with Gasteiger partial charge >= 0.3 is 0 Å². The predicted octanol–water partition coefficient (Wildman–Crippen LogP) is 4.16. The summed E-state index contributed by atoms with van der Waals surface area (Å²) >= 11 is 5.60. The van der Waals surface area contributed by atoms with Gasteiger partial charge in [-0.25, -0.2) is 9.97 Å². The standard InChI is InChI=1S/C19H18ClN5O/c1-13-2-3-15(23-18(26)4-8-20)12-17(13)25-19-22-11-7-16(24-19)14-5-9-21-10-6-14/h2-3,5-7,9-12H,4,8H2,1H3,(H,23,26)(H,22,24,25). The minimum atomic E-state index is -0.120. The summed E-state index contributed by atoms with van der Waals surface area (Å²) in [6, 6.07) is 11.3. The van der Waals surface area contributed by atoms with Crippen molar-refractivity contribution in [2.45, 2.75) is 13.3 Å². The molecule has 3 aromatic rings. The number of rotatable bonds is 6. The monoisotopic (exact) mass is 367 g/mol. The summed E-state index contributed by atoms with van der Waals surface area (Å²) in [5.74, 6) is 0.649. The quantitative estimate of drug-likeness (QED) is 0.639. The number of amides is 1. The van der Waals surface area contributed by atoms with Crippen LogP contribution in [0.3, 0.4) is 0 Å². The minimum absolute atomic E-state index is 0.120. The summed E-state index contributed by atoms with van der Waals surface area (Å²) in [6.07, 6.45) is 5.42. The van der Waals surface area contributed by atoms with Crippen LogP contribution in [0.5, 0.6) is 0 Å². The number of anilines is 3. The first-order chi connectivity index (χ1) is 12.7. The summed E-state index contributed by atoms with van der Waals surface area (Å²) < 4.78 is 0. The Morgan fingerprint density at radius 3 is 2.69 bits per heavy atom. The number of benzene rings is 1. The second-order valence-corrected chi connectivity index (χ2v) is 6.02. The lowest BCUT2D eigenvalue weighted by atomic mass is 10.1. The number of nitrogens with zero attached hydrogens (tertiary/aromatic N) is 3. The Labute approximate surface area is 156 Å². The largest absolute Gasteiger partial charge is 0.326 e. The van der Waals surface area contributed by atoms with Crippen molar-refractivity contribution in [1.82, 2.24) is 15.0 Å². The number of aromatic nitrogens is 3. The Morgan fingerprint density at radius 1 is 1.12 bits per heavy atom. The van der Waals surface area contributed by atoms with E-state index in [1.54, 1.807) is 18.6 Å². The third kappa shape index (κ3) is 4.55. The van der Waals surface area contributed by atoms with Gasteiger partial charge in [0.1, 0.15) is 0 Å². The van der Waals surface area contributed by atoms with Crippen molar-refractivity contribution in [3.05, 3.63) is 60.6 Å². The highest BCUT2D eigenvalue weighted by molar-refractivity contribution is 6.19. The van der Waals surface area contributed by atoms with Gasteiger partial charge in [-0.15, -0.1) is 11.6 Å². The molecule has 1 aromatic carbocycles. The summed E-state index contributed by atoms with van der Waals surface area (Å²) in [4.78, 5) is 24.6. The second kappa shape index (κ2) is 8.40. The summed E-state index contributed by atoms with van der Waals surface area (Å²) in [7, 11) is 0. The zero-order valence-corrected chi connectivity index (χ0v) is 15.0. The van der Waals surface area contributed by atoms with Crippen LogP contribution in [0.1, 0.15) is 12.0 Å². The van der Waals surface area contributed by atoms with Crippen molar-refractivity contribution in [3.8, 4) is 11.3 Å². The summed E-state index contributed by atoms with van der Waals surface area (Å²) in [5.41, 5.74) is 4.29. The number of hydrogen-bond donors (Lipinski definition) is 2. The van der Waals surface area contributed by atoms with Gasteiger partial charge in [0, 0.05) is 47.8 Å². The molecule has 0 unspecified atom stereocenters. The molecule has 2 N–H and O–H groups in total. The van der Waals surface area contributed by atoms with Crippen LogP contribution in [0.25, 0.3) is 11.3 Å². The van der Waals surface area contributed by atoms with E-state index in [4.69, 9.17) is 11.6 Å². The molecule has 132 valence electrons. The van der Waals surface area contributed by atoms with E-state index >= 15 is 0 Å². The number of carbonyl (C=O) groups is 1. The lowest BCUT2D eigenvalue weighted by Crippen LogP contribution is -2.12. The normalized spacial score (nSPS) is 10.4. The van der Waals surface area contributed by atoms with Gasteiger partial charge in [0.25, 0.3) is 0 Å².